The molecule has 0 aliphatic carbocycles. The molecule has 2 atom stereocenters. The Morgan fingerprint density at radius 3 is 3.21 bits per heavy atom. The molecule has 1 aliphatic rings. The molecule has 78 valence electrons. The fourth-order valence-corrected chi connectivity index (χ4v) is 2.64. The van der Waals surface area contributed by atoms with E-state index in [0.29, 0.717) is 4.83 Å². The Morgan fingerprint density at radius 2 is 2.57 bits per heavy atom. The second-order valence-corrected chi connectivity index (χ2v) is 5.70. The maximum absolute atomic E-state index is 4.07. The van der Waals surface area contributed by atoms with E-state index in [1.807, 2.05) is 5.38 Å². The first-order valence-electron chi connectivity index (χ1n) is 4.88. The highest BCUT2D eigenvalue weighted by Crippen LogP contribution is 2.24. The summed E-state index contributed by atoms with van der Waals surface area (Å²) >= 11 is 5.14. The predicted octanol–water partition coefficient (Wildman–Crippen LogP) is 2.14. The predicted molar refractivity (Wildman–Crippen MR) is 61.7 cm³/mol. The molecular formula is C9H14BrN3S. The standard InChI is InChI=1S/C9H14BrN3S/c1-7-4-13(3-2-9(7)10)5-8-6-14-12-11-8/h6-7,9H,2-5H2,1H3. The summed E-state index contributed by atoms with van der Waals surface area (Å²) in [6, 6.07) is 0. The van der Waals surface area contributed by atoms with Crippen molar-refractivity contribution in [3.63, 3.8) is 0 Å². The molecular weight excluding hydrogens is 262 g/mol. The Labute approximate surface area is 96.8 Å². The number of hydrogen-bond donors (Lipinski definition) is 0. The van der Waals surface area contributed by atoms with Gasteiger partial charge in [0, 0.05) is 23.3 Å². The molecule has 3 nitrogen and oxygen atoms in total. The first-order valence-corrected chi connectivity index (χ1v) is 6.63. The van der Waals surface area contributed by atoms with Crippen LogP contribution in [0.2, 0.25) is 0 Å². The van der Waals surface area contributed by atoms with Crippen molar-refractivity contribution in [2.24, 2.45) is 5.92 Å². The third kappa shape index (κ3) is 2.52. The van der Waals surface area contributed by atoms with Gasteiger partial charge in [-0.2, -0.15) is 0 Å². The topological polar surface area (TPSA) is 29.0 Å². The van der Waals surface area contributed by atoms with Crippen LogP contribution in [0.15, 0.2) is 5.38 Å². The zero-order valence-corrected chi connectivity index (χ0v) is 10.6. The number of likely N-dealkylation sites (tertiary alicyclic amines) is 1. The van der Waals surface area contributed by atoms with Crippen LogP contribution < -0.4 is 0 Å². The number of alkyl halides is 1. The lowest BCUT2D eigenvalue weighted by Gasteiger charge is -2.33. The van der Waals surface area contributed by atoms with Crippen LogP contribution in [-0.2, 0) is 6.54 Å². The molecule has 2 unspecified atom stereocenters. The van der Waals surface area contributed by atoms with Crippen LogP contribution in [0.1, 0.15) is 19.0 Å². The van der Waals surface area contributed by atoms with E-state index in [1.54, 1.807) is 0 Å². The van der Waals surface area contributed by atoms with E-state index >= 15 is 0 Å². The highest BCUT2D eigenvalue weighted by atomic mass is 79.9. The van der Waals surface area contributed by atoms with Gasteiger partial charge in [-0.3, -0.25) is 4.90 Å². The molecule has 1 aromatic rings. The quantitative estimate of drug-likeness (QED) is 0.775. The summed E-state index contributed by atoms with van der Waals surface area (Å²) in [4.78, 5) is 3.14. The van der Waals surface area contributed by atoms with Crippen LogP contribution in [0, 0.1) is 5.92 Å². The van der Waals surface area contributed by atoms with Gasteiger partial charge in [-0.05, 0) is 30.4 Å². The van der Waals surface area contributed by atoms with Gasteiger partial charge in [0.25, 0.3) is 0 Å². The summed E-state index contributed by atoms with van der Waals surface area (Å²) < 4.78 is 3.88. The Hall–Kier alpha value is -0.0000000000000000555. The molecule has 1 saturated heterocycles. The van der Waals surface area contributed by atoms with Gasteiger partial charge in [0.2, 0.25) is 0 Å². The number of rotatable bonds is 2. The van der Waals surface area contributed by atoms with Crippen LogP contribution in [0.5, 0.6) is 0 Å². The Morgan fingerprint density at radius 1 is 1.71 bits per heavy atom. The lowest BCUT2D eigenvalue weighted by molar-refractivity contribution is 0.181. The monoisotopic (exact) mass is 275 g/mol. The largest absolute Gasteiger partial charge is 0.297 e. The molecule has 1 aromatic heterocycles. The molecule has 0 radical (unpaired) electrons. The van der Waals surface area contributed by atoms with E-state index in [9.17, 15) is 0 Å². The molecule has 2 heterocycles. The van der Waals surface area contributed by atoms with E-state index in [-0.39, 0.29) is 0 Å². The molecule has 5 heteroatoms. The summed E-state index contributed by atoms with van der Waals surface area (Å²) in [5, 5.41) is 6.10. The first-order chi connectivity index (χ1) is 6.75. The lowest BCUT2D eigenvalue weighted by atomic mass is 10.00. The van der Waals surface area contributed by atoms with Gasteiger partial charge in [0.15, 0.2) is 0 Å². The minimum Gasteiger partial charge on any atom is -0.297 e. The van der Waals surface area contributed by atoms with E-state index in [1.165, 1.54) is 18.0 Å². The molecule has 0 N–H and O–H groups in total. The van der Waals surface area contributed by atoms with Crippen molar-refractivity contribution in [2.75, 3.05) is 13.1 Å². The van der Waals surface area contributed by atoms with E-state index in [0.717, 1.165) is 31.2 Å². The van der Waals surface area contributed by atoms with Gasteiger partial charge in [-0.25, -0.2) is 0 Å². The smallest absolute Gasteiger partial charge is 0.0895 e. The van der Waals surface area contributed by atoms with Crippen LogP contribution in [-0.4, -0.2) is 32.4 Å². The second kappa shape index (κ2) is 4.68. The van der Waals surface area contributed by atoms with Gasteiger partial charge in [-0.15, -0.1) is 5.10 Å². The van der Waals surface area contributed by atoms with Gasteiger partial charge in [0.05, 0.1) is 5.69 Å². The number of aromatic nitrogens is 2. The molecule has 0 saturated carbocycles. The minimum absolute atomic E-state index is 0.687. The van der Waals surface area contributed by atoms with Gasteiger partial charge in [0.1, 0.15) is 0 Å². The summed E-state index contributed by atoms with van der Waals surface area (Å²) in [6.45, 7) is 5.58. The van der Waals surface area contributed by atoms with Crippen molar-refractivity contribution in [1.82, 2.24) is 14.5 Å². The summed E-state index contributed by atoms with van der Waals surface area (Å²) in [6.07, 6.45) is 1.23. The SMILES string of the molecule is CC1CN(Cc2csnn2)CCC1Br. The Balaban J connectivity index is 1.88. The Kier molecular flexibility index (Phi) is 3.52. The number of nitrogens with zero attached hydrogens (tertiary/aromatic N) is 3. The van der Waals surface area contributed by atoms with Crippen molar-refractivity contribution in [3.8, 4) is 0 Å². The average Bonchev–Trinajstić information content (AvgIpc) is 2.64. The zero-order chi connectivity index (χ0) is 9.97. The number of piperidine rings is 1. The van der Waals surface area contributed by atoms with Crippen LogP contribution in [0.25, 0.3) is 0 Å². The van der Waals surface area contributed by atoms with Crippen LogP contribution >= 0.6 is 27.5 Å². The third-order valence-corrected chi connectivity index (χ3v) is 4.59. The second-order valence-electron chi connectivity index (χ2n) is 3.91. The maximum Gasteiger partial charge on any atom is 0.0895 e. The van der Waals surface area contributed by atoms with E-state index < -0.39 is 0 Å². The number of halogens is 1. The minimum atomic E-state index is 0.687. The Bertz CT molecular complexity index is 278. The molecule has 0 spiro atoms. The number of hydrogen-bond acceptors (Lipinski definition) is 4. The van der Waals surface area contributed by atoms with Crippen LogP contribution in [0.3, 0.4) is 0 Å². The van der Waals surface area contributed by atoms with Gasteiger partial charge in [-0.1, -0.05) is 27.3 Å². The van der Waals surface area contributed by atoms with Crippen molar-refractivity contribution in [2.45, 2.75) is 24.7 Å². The highest BCUT2D eigenvalue weighted by Gasteiger charge is 2.23. The van der Waals surface area contributed by atoms with Crippen molar-refractivity contribution in [3.05, 3.63) is 11.1 Å². The van der Waals surface area contributed by atoms with Crippen molar-refractivity contribution >= 4 is 27.5 Å². The molecule has 2 rings (SSSR count). The van der Waals surface area contributed by atoms with Gasteiger partial charge < -0.3 is 0 Å². The molecule has 14 heavy (non-hydrogen) atoms. The molecule has 1 fully saturated rings. The summed E-state index contributed by atoms with van der Waals surface area (Å²) in [5.74, 6) is 0.732. The van der Waals surface area contributed by atoms with E-state index in [2.05, 4.69) is 37.3 Å². The summed E-state index contributed by atoms with van der Waals surface area (Å²) in [7, 11) is 0. The fourth-order valence-electron chi connectivity index (χ4n) is 1.83. The average molecular weight is 276 g/mol. The summed E-state index contributed by atoms with van der Waals surface area (Å²) in [5.41, 5.74) is 1.11. The highest BCUT2D eigenvalue weighted by molar-refractivity contribution is 9.09. The van der Waals surface area contributed by atoms with Crippen LogP contribution in [0.4, 0.5) is 0 Å². The van der Waals surface area contributed by atoms with E-state index in [4.69, 9.17) is 0 Å². The normalized spacial score (nSPS) is 29.3. The van der Waals surface area contributed by atoms with Crippen molar-refractivity contribution < 1.29 is 0 Å². The zero-order valence-electron chi connectivity index (χ0n) is 8.19. The fraction of sp³-hybridized carbons (Fsp3) is 0.778. The van der Waals surface area contributed by atoms with Crippen molar-refractivity contribution in [1.29, 1.82) is 0 Å². The maximum atomic E-state index is 4.07. The molecule has 0 bridgehead atoms. The molecule has 1 aliphatic heterocycles. The first kappa shape index (κ1) is 10.5. The molecule has 0 aromatic carbocycles. The van der Waals surface area contributed by atoms with Gasteiger partial charge >= 0.3 is 0 Å². The lowest BCUT2D eigenvalue weighted by Crippen LogP contribution is -2.39. The third-order valence-electron chi connectivity index (χ3n) is 2.68. The molecule has 0 amide bonds.